The minimum atomic E-state index is 0.271. The number of hydrazine groups is 1. The van der Waals surface area contributed by atoms with Crippen LogP contribution in [-0.4, -0.2) is 18.1 Å². The van der Waals surface area contributed by atoms with E-state index < -0.39 is 0 Å². The molecule has 80 valence electrons. The van der Waals surface area contributed by atoms with Crippen LogP contribution in [-0.2, 0) is 4.84 Å². The van der Waals surface area contributed by atoms with Crippen molar-refractivity contribution in [3.05, 3.63) is 28.7 Å². The maximum absolute atomic E-state index is 4.85. The van der Waals surface area contributed by atoms with E-state index in [-0.39, 0.29) is 5.25 Å². The zero-order chi connectivity index (χ0) is 10.5. The fourth-order valence-corrected chi connectivity index (χ4v) is 1.86. The Morgan fingerprint density at radius 1 is 1.40 bits per heavy atom. The fraction of sp³-hybridized carbons (Fsp3) is 0.222. The Balaban J connectivity index is 1.73. The van der Waals surface area contributed by atoms with Crippen LogP contribution in [0.5, 0.6) is 0 Å². The van der Waals surface area contributed by atoms with E-state index in [0.717, 1.165) is 10.2 Å². The van der Waals surface area contributed by atoms with E-state index in [9.17, 15) is 0 Å². The minimum Gasteiger partial charge on any atom is -0.394 e. The monoisotopic (exact) mass is 287 g/mol. The largest absolute Gasteiger partial charge is 0.394 e. The summed E-state index contributed by atoms with van der Waals surface area (Å²) in [6, 6.07) is 7.93. The number of benzene rings is 1. The molecule has 1 heterocycles. The standard InChI is InChI=1S/C9H10BrN3OS/c10-7-1-3-8(4-2-7)12-13-15-9-5-11-14-6-9/h1-5,9,12-13H,6H2. The van der Waals surface area contributed by atoms with Gasteiger partial charge in [-0.15, -0.1) is 0 Å². The summed E-state index contributed by atoms with van der Waals surface area (Å²) in [7, 11) is 0. The molecule has 6 heteroatoms. The zero-order valence-electron chi connectivity index (χ0n) is 7.81. The van der Waals surface area contributed by atoms with Crippen LogP contribution in [0.3, 0.4) is 0 Å². The molecule has 1 aliphatic rings. The molecular weight excluding hydrogens is 278 g/mol. The van der Waals surface area contributed by atoms with Gasteiger partial charge in [-0.1, -0.05) is 21.1 Å². The summed E-state index contributed by atoms with van der Waals surface area (Å²) in [5, 5.41) is 3.95. The number of hydrogen-bond acceptors (Lipinski definition) is 5. The van der Waals surface area contributed by atoms with Crippen molar-refractivity contribution < 1.29 is 4.84 Å². The predicted octanol–water partition coefficient (Wildman–Crippen LogP) is 2.40. The van der Waals surface area contributed by atoms with Gasteiger partial charge >= 0.3 is 0 Å². The van der Waals surface area contributed by atoms with Gasteiger partial charge in [-0.25, -0.2) is 0 Å². The first-order valence-electron chi connectivity index (χ1n) is 4.42. The zero-order valence-corrected chi connectivity index (χ0v) is 10.2. The van der Waals surface area contributed by atoms with E-state index in [1.54, 1.807) is 6.21 Å². The third kappa shape index (κ3) is 3.40. The van der Waals surface area contributed by atoms with Crippen LogP contribution >= 0.6 is 27.9 Å². The average Bonchev–Trinajstić information content (AvgIpc) is 2.74. The van der Waals surface area contributed by atoms with Crippen molar-refractivity contribution in [2.24, 2.45) is 5.16 Å². The summed E-state index contributed by atoms with van der Waals surface area (Å²) >= 11 is 4.92. The highest BCUT2D eigenvalue weighted by molar-refractivity contribution is 9.10. The van der Waals surface area contributed by atoms with Crippen LogP contribution in [0.15, 0.2) is 33.9 Å². The van der Waals surface area contributed by atoms with Crippen molar-refractivity contribution in [2.45, 2.75) is 5.25 Å². The van der Waals surface area contributed by atoms with Gasteiger partial charge in [0.05, 0.1) is 11.5 Å². The maximum atomic E-state index is 4.85. The average molecular weight is 288 g/mol. The molecule has 1 unspecified atom stereocenters. The molecule has 1 atom stereocenters. The molecule has 0 saturated carbocycles. The van der Waals surface area contributed by atoms with E-state index in [2.05, 4.69) is 31.3 Å². The molecule has 1 aromatic carbocycles. The Kier molecular flexibility index (Phi) is 3.87. The first kappa shape index (κ1) is 10.8. The highest BCUT2D eigenvalue weighted by atomic mass is 79.9. The molecule has 0 saturated heterocycles. The van der Waals surface area contributed by atoms with Crippen molar-refractivity contribution in [2.75, 3.05) is 12.0 Å². The lowest BCUT2D eigenvalue weighted by Gasteiger charge is -2.09. The molecule has 0 spiro atoms. The van der Waals surface area contributed by atoms with Crippen LogP contribution in [0.2, 0.25) is 0 Å². The molecule has 1 aliphatic heterocycles. The Hall–Kier alpha value is -0.720. The van der Waals surface area contributed by atoms with Crippen molar-refractivity contribution in [1.29, 1.82) is 0 Å². The van der Waals surface area contributed by atoms with Gasteiger partial charge in [0.2, 0.25) is 0 Å². The summed E-state index contributed by atoms with van der Waals surface area (Å²) in [4.78, 5) is 7.89. The molecule has 2 rings (SSSR count). The normalized spacial score (nSPS) is 18.9. The number of halogens is 1. The Bertz CT molecular complexity index is 344. The summed E-state index contributed by atoms with van der Waals surface area (Å²) in [5.41, 5.74) is 4.09. The first-order chi connectivity index (χ1) is 7.34. The molecule has 0 aliphatic carbocycles. The van der Waals surface area contributed by atoms with Gasteiger partial charge in [-0.3, -0.25) is 0 Å². The molecule has 0 bridgehead atoms. The van der Waals surface area contributed by atoms with Crippen LogP contribution in [0, 0.1) is 0 Å². The van der Waals surface area contributed by atoms with Gasteiger partial charge in [0.1, 0.15) is 6.61 Å². The maximum Gasteiger partial charge on any atom is 0.135 e. The van der Waals surface area contributed by atoms with Crippen molar-refractivity contribution in [3.63, 3.8) is 0 Å². The number of hydrogen-bond donors (Lipinski definition) is 2. The van der Waals surface area contributed by atoms with Gasteiger partial charge in [0, 0.05) is 10.2 Å². The highest BCUT2D eigenvalue weighted by Crippen LogP contribution is 2.15. The number of nitrogens with one attached hydrogen (secondary N) is 2. The van der Waals surface area contributed by atoms with Crippen LogP contribution < -0.4 is 10.3 Å². The molecule has 2 N–H and O–H groups in total. The summed E-state index contributed by atoms with van der Waals surface area (Å²) in [6.45, 7) is 0.625. The van der Waals surface area contributed by atoms with Crippen LogP contribution in [0.4, 0.5) is 5.69 Å². The number of anilines is 1. The molecule has 0 aromatic heterocycles. The highest BCUT2D eigenvalue weighted by Gasteiger charge is 2.11. The summed E-state index contributed by atoms with van der Waals surface area (Å²) in [6.07, 6.45) is 1.78. The van der Waals surface area contributed by atoms with Crippen LogP contribution in [0.1, 0.15) is 0 Å². The van der Waals surface area contributed by atoms with Gasteiger partial charge < -0.3 is 10.3 Å². The van der Waals surface area contributed by atoms with E-state index >= 15 is 0 Å². The topological polar surface area (TPSA) is 45.7 Å². The second-order valence-corrected chi connectivity index (χ2v) is 4.90. The van der Waals surface area contributed by atoms with E-state index in [0.29, 0.717) is 6.61 Å². The molecule has 4 nitrogen and oxygen atoms in total. The smallest absolute Gasteiger partial charge is 0.135 e. The molecular formula is C9H10BrN3OS. The molecule has 0 radical (unpaired) electrons. The molecule has 1 aromatic rings. The number of nitrogens with zero attached hydrogens (tertiary/aromatic N) is 1. The van der Waals surface area contributed by atoms with E-state index in [1.165, 1.54) is 11.9 Å². The van der Waals surface area contributed by atoms with Crippen molar-refractivity contribution in [3.8, 4) is 0 Å². The fourth-order valence-electron chi connectivity index (χ4n) is 1.03. The Morgan fingerprint density at radius 2 is 2.20 bits per heavy atom. The second-order valence-electron chi connectivity index (χ2n) is 2.94. The van der Waals surface area contributed by atoms with Crippen molar-refractivity contribution in [1.82, 2.24) is 4.83 Å². The third-order valence-electron chi connectivity index (χ3n) is 1.79. The van der Waals surface area contributed by atoms with E-state index in [1.807, 2.05) is 24.3 Å². The van der Waals surface area contributed by atoms with Gasteiger partial charge in [0.15, 0.2) is 0 Å². The molecule has 15 heavy (non-hydrogen) atoms. The van der Waals surface area contributed by atoms with E-state index in [4.69, 9.17) is 4.84 Å². The third-order valence-corrected chi connectivity index (χ3v) is 3.10. The SMILES string of the molecule is Brc1ccc(NNSC2C=NOC2)cc1. The van der Waals surface area contributed by atoms with Gasteiger partial charge in [-0.05, 0) is 36.2 Å². The number of rotatable bonds is 4. The second kappa shape index (κ2) is 5.39. The summed E-state index contributed by atoms with van der Waals surface area (Å²) in [5.74, 6) is 0. The number of oxime groups is 1. The lowest BCUT2D eigenvalue weighted by Crippen LogP contribution is -2.19. The Morgan fingerprint density at radius 3 is 2.87 bits per heavy atom. The van der Waals surface area contributed by atoms with Gasteiger partial charge in [-0.2, -0.15) is 4.83 Å². The molecule has 0 fully saturated rings. The minimum absolute atomic E-state index is 0.271. The Labute approximate surface area is 101 Å². The van der Waals surface area contributed by atoms with Gasteiger partial charge in [0.25, 0.3) is 0 Å². The summed E-state index contributed by atoms with van der Waals surface area (Å²) < 4.78 is 1.07. The lowest BCUT2D eigenvalue weighted by molar-refractivity contribution is 0.176. The predicted molar refractivity (Wildman–Crippen MR) is 66.7 cm³/mol. The van der Waals surface area contributed by atoms with Crippen molar-refractivity contribution >= 4 is 39.8 Å². The quantitative estimate of drug-likeness (QED) is 0.659. The van der Waals surface area contributed by atoms with Crippen LogP contribution in [0.25, 0.3) is 0 Å². The lowest BCUT2D eigenvalue weighted by atomic mass is 10.3. The molecule has 0 amide bonds. The first-order valence-corrected chi connectivity index (χ1v) is 6.09.